The molecule has 1 atom stereocenters. The topological polar surface area (TPSA) is 38.1 Å². The maximum absolute atomic E-state index is 10.3. The molecule has 0 spiro atoms. The largest absolute Gasteiger partial charge is 0.383 e. The molecule has 1 aliphatic carbocycles. The highest BCUT2D eigenvalue weighted by Gasteiger charge is 2.52. The first-order valence-corrected chi connectivity index (χ1v) is 7.10. The van der Waals surface area contributed by atoms with Gasteiger partial charge in [-0.25, -0.2) is 4.98 Å². The van der Waals surface area contributed by atoms with Gasteiger partial charge < -0.3 is 9.67 Å². The summed E-state index contributed by atoms with van der Waals surface area (Å²) < 4.78 is 1.41. The molecule has 1 aromatic carbocycles. The van der Waals surface area contributed by atoms with Crippen LogP contribution >= 0.6 is 23.2 Å². The standard InChI is InChI=1S/C14H16Cl2N2O/c1-13(2,19)12-17-10-5-3-4-6-11(10)18(12)8-9-7-14(9,15)16/h3-6,9,19H,7-8H2,1-2H3/t9-/m0/s1. The third-order valence-electron chi connectivity index (χ3n) is 3.56. The molecule has 1 aromatic heterocycles. The van der Waals surface area contributed by atoms with E-state index in [0.717, 1.165) is 17.5 Å². The lowest BCUT2D eigenvalue weighted by Crippen LogP contribution is -2.23. The van der Waals surface area contributed by atoms with E-state index in [1.54, 1.807) is 13.8 Å². The molecule has 1 N–H and O–H groups in total. The van der Waals surface area contributed by atoms with Gasteiger partial charge in [-0.05, 0) is 32.4 Å². The number of nitrogens with zero attached hydrogens (tertiary/aromatic N) is 2. The van der Waals surface area contributed by atoms with Crippen molar-refractivity contribution in [1.82, 2.24) is 9.55 Å². The fraction of sp³-hybridized carbons (Fsp3) is 0.500. The van der Waals surface area contributed by atoms with Crippen LogP contribution in [-0.2, 0) is 12.1 Å². The molecule has 1 saturated carbocycles. The second-order valence-electron chi connectivity index (χ2n) is 5.76. The Bertz CT molecular complexity index is 628. The molecular formula is C14H16Cl2N2O. The van der Waals surface area contributed by atoms with Gasteiger partial charge in [-0.1, -0.05) is 12.1 Å². The molecule has 0 unspecified atom stereocenters. The number of rotatable bonds is 3. The minimum atomic E-state index is -0.991. The number of benzene rings is 1. The Labute approximate surface area is 122 Å². The van der Waals surface area contributed by atoms with E-state index in [9.17, 15) is 5.11 Å². The van der Waals surface area contributed by atoms with E-state index in [4.69, 9.17) is 23.2 Å². The van der Waals surface area contributed by atoms with Gasteiger partial charge >= 0.3 is 0 Å². The molecule has 102 valence electrons. The van der Waals surface area contributed by atoms with Crippen molar-refractivity contribution < 1.29 is 5.11 Å². The van der Waals surface area contributed by atoms with Gasteiger partial charge in [0, 0.05) is 12.5 Å². The van der Waals surface area contributed by atoms with E-state index in [1.165, 1.54) is 0 Å². The predicted molar refractivity (Wildman–Crippen MR) is 77.5 cm³/mol. The van der Waals surface area contributed by atoms with Crippen LogP contribution in [0.1, 0.15) is 26.1 Å². The van der Waals surface area contributed by atoms with E-state index in [1.807, 2.05) is 28.8 Å². The van der Waals surface area contributed by atoms with E-state index in [0.29, 0.717) is 12.4 Å². The third kappa shape index (κ3) is 2.35. The highest BCUT2D eigenvalue weighted by molar-refractivity contribution is 6.50. The van der Waals surface area contributed by atoms with Crippen molar-refractivity contribution >= 4 is 34.2 Å². The smallest absolute Gasteiger partial charge is 0.141 e. The molecule has 2 aromatic rings. The van der Waals surface area contributed by atoms with Crippen molar-refractivity contribution in [2.45, 2.75) is 36.7 Å². The molecule has 0 saturated heterocycles. The Balaban J connectivity index is 2.09. The van der Waals surface area contributed by atoms with Crippen molar-refractivity contribution in [3.05, 3.63) is 30.1 Å². The molecule has 1 aliphatic rings. The average Bonchev–Trinajstić information content (AvgIpc) is 2.74. The second kappa shape index (κ2) is 4.11. The van der Waals surface area contributed by atoms with E-state index < -0.39 is 9.93 Å². The zero-order valence-electron chi connectivity index (χ0n) is 10.9. The van der Waals surface area contributed by atoms with Crippen LogP contribution in [0.2, 0.25) is 0 Å². The summed E-state index contributed by atoms with van der Waals surface area (Å²) >= 11 is 12.2. The Morgan fingerprint density at radius 1 is 1.42 bits per heavy atom. The first-order valence-electron chi connectivity index (χ1n) is 6.35. The lowest BCUT2D eigenvalue weighted by atomic mass is 10.1. The Morgan fingerprint density at radius 2 is 2.05 bits per heavy atom. The van der Waals surface area contributed by atoms with Crippen LogP contribution in [0.5, 0.6) is 0 Å². The SMILES string of the molecule is CC(C)(O)c1nc2ccccc2n1C[C@@H]1CC1(Cl)Cl. The van der Waals surface area contributed by atoms with Gasteiger partial charge in [0.1, 0.15) is 15.8 Å². The summed E-state index contributed by atoms with van der Waals surface area (Å²) in [5.74, 6) is 0.874. The summed E-state index contributed by atoms with van der Waals surface area (Å²) in [5, 5.41) is 10.3. The maximum atomic E-state index is 10.3. The molecule has 0 bridgehead atoms. The summed E-state index contributed by atoms with van der Waals surface area (Å²) in [4.78, 5) is 4.54. The summed E-state index contributed by atoms with van der Waals surface area (Å²) in [5.41, 5.74) is 0.903. The third-order valence-corrected chi connectivity index (χ3v) is 4.49. The molecule has 1 fully saturated rings. The molecule has 5 heteroatoms. The van der Waals surface area contributed by atoms with Crippen LogP contribution in [0.3, 0.4) is 0 Å². The number of aromatic nitrogens is 2. The summed E-state index contributed by atoms with van der Waals surface area (Å²) in [6.45, 7) is 4.17. The van der Waals surface area contributed by atoms with Gasteiger partial charge in [-0.2, -0.15) is 0 Å². The normalized spacial score (nSPS) is 21.8. The molecule has 3 nitrogen and oxygen atoms in total. The molecule has 0 aliphatic heterocycles. The number of hydrogen-bond acceptors (Lipinski definition) is 2. The predicted octanol–water partition coefficient (Wildman–Crippen LogP) is 3.46. The van der Waals surface area contributed by atoms with E-state index in [2.05, 4.69) is 4.98 Å². The number of fused-ring (bicyclic) bond motifs is 1. The molecule has 1 heterocycles. The summed E-state index contributed by atoms with van der Waals surface area (Å²) in [6.07, 6.45) is 0.786. The zero-order chi connectivity index (χ0) is 13.8. The highest BCUT2D eigenvalue weighted by Crippen LogP contribution is 2.54. The maximum Gasteiger partial charge on any atom is 0.141 e. The Hall–Kier alpha value is -0.770. The fourth-order valence-corrected chi connectivity index (χ4v) is 2.93. The van der Waals surface area contributed by atoms with Gasteiger partial charge in [0.2, 0.25) is 0 Å². The highest BCUT2D eigenvalue weighted by atomic mass is 35.5. The first kappa shape index (κ1) is 13.2. The van der Waals surface area contributed by atoms with Crippen molar-refractivity contribution in [3.8, 4) is 0 Å². The van der Waals surface area contributed by atoms with Gasteiger partial charge in [-0.3, -0.25) is 0 Å². The molecule has 3 rings (SSSR count). The van der Waals surface area contributed by atoms with Gasteiger partial charge in [-0.15, -0.1) is 23.2 Å². The van der Waals surface area contributed by atoms with Crippen LogP contribution in [0.4, 0.5) is 0 Å². The number of halogens is 2. The number of imidazole rings is 1. The average molecular weight is 299 g/mol. The van der Waals surface area contributed by atoms with Crippen LogP contribution < -0.4 is 0 Å². The van der Waals surface area contributed by atoms with Gasteiger partial charge in [0.05, 0.1) is 11.0 Å². The molecular weight excluding hydrogens is 283 g/mol. The van der Waals surface area contributed by atoms with Gasteiger partial charge in [0.15, 0.2) is 0 Å². The van der Waals surface area contributed by atoms with Crippen molar-refractivity contribution in [2.24, 2.45) is 5.92 Å². The monoisotopic (exact) mass is 298 g/mol. The van der Waals surface area contributed by atoms with Crippen molar-refractivity contribution in [2.75, 3.05) is 0 Å². The fourth-order valence-electron chi connectivity index (χ4n) is 2.42. The number of hydrogen-bond donors (Lipinski definition) is 1. The Morgan fingerprint density at radius 3 is 2.63 bits per heavy atom. The van der Waals surface area contributed by atoms with E-state index >= 15 is 0 Å². The van der Waals surface area contributed by atoms with Crippen molar-refractivity contribution in [3.63, 3.8) is 0 Å². The summed E-state index contributed by atoms with van der Waals surface area (Å²) in [6, 6.07) is 7.86. The lowest BCUT2D eigenvalue weighted by molar-refractivity contribution is 0.0649. The lowest BCUT2D eigenvalue weighted by Gasteiger charge is -2.19. The van der Waals surface area contributed by atoms with Crippen LogP contribution in [0.15, 0.2) is 24.3 Å². The quantitative estimate of drug-likeness (QED) is 0.881. The van der Waals surface area contributed by atoms with Crippen molar-refractivity contribution in [1.29, 1.82) is 0 Å². The molecule has 0 radical (unpaired) electrons. The van der Waals surface area contributed by atoms with Crippen LogP contribution in [0, 0.1) is 5.92 Å². The number of alkyl halides is 2. The molecule has 19 heavy (non-hydrogen) atoms. The zero-order valence-corrected chi connectivity index (χ0v) is 12.4. The second-order valence-corrected chi connectivity index (χ2v) is 7.30. The van der Waals surface area contributed by atoms with Crippen LogP contribution in [-0.4, -0.2) is 19.0 Å². The number of para-hydroxylation sites is 2. The van der Waals surface area contributed by atoms with Gasteiger partial charge in [0.25, 0.3) is 0 Å². The minimum Gasteiger partial charge on any atom is -0.383 e. The molecule has 0 amide bonds. The van der Waals surface area contributed by atoms with E-state index in [-0.39, 0.29) is 5.92 Å². The minimum absolute atomic E-state index is 0.217. The number of aliphatic hydroxyl groups is 1. The first-order chi connectivity index (χ1) is 8.79. The van der Waals surface area contributed by atoms with Crippen LogP contribution in [0.25, 0.3) is 11.0 Å². The summed E-state index contributed by atoms with van der Waals surface area (Å²) in [7, 11) is 0. The Kier molecular flexibility index (Phi) is 2.86.